The van der Waals surface area contributed by atoms with E-state index < -0.39 is 0 Å². The third-order valence-electron chi connectivity index (χ3n) is 2.73. The Bertz CT molecular complexity index is 109. The third kappa shape index (κ3) is 8.52. The van der Waals surface area contributed by atoms with Gasteiger partial charge in [-0.05, 0) is 37.9 Å². The second kappa shape index (κ2) is 9.47. The van der Waals surface area contributed by atoms with E-state index in [1.165, 1.54) is 25.7 Å². The molecule has 0 aromatic rings. The van der Waals surface area contributed by atoms with Crippen molar-refractivity contribution in [1.29, 1.82) is 0 Å². The lowest BCUT2D eigenvalue weighted by Crippen LogP contribution is -2.28. The zero-order valence-electron chi connectivity index (χ0n) is 10.2. The molecule has 0 aliphatic heterocycles. The van der Waals surface area contributed by atoms with Crippen LogP contribution < -0.4 is 11.1 Å². The van der Waals surface area contributed by atoms with Gasteiger partial charge in [-0.2, -0.15) is 0 Å². The Labute approximate surface area is 89.6 Å². The maximum Gasteiger partial charge on any atom is -0.000856 e. The summed E-state index contributed by atoms with van der Waals surface area (Å²) in [5, 5.41) is 3.48. The van der Waals surface area contributed by atoms with Crippen molar-refractivity contribution in [1.82, 2.24) is 5.32 Å². The van der Waals surface area contributed by atoms with E-state index in [2.05, 4.69) is 26.1 Å². The molecule has 1 unspecified atom stereocenters. The van der Waals surface area contributed by atoms with E-state index in [9.17, 15) is 0 Å². The maximum absolute atomic E-state index is 5.62. The SMILES string of the molecule is CCC(CN)CNCCCCC(C)C. The fourth-order valence-corrected chi connectivity index (χ4v) is 1.50. The van der Waals surface area contributed by atoms with Gasteiger partial charge >= 0.3 is 0 Å². The monoisotopic (exact) mass is 200 g/mol. The number of rotatable bonds is 9. The predicted molar refractivity (Wildman–Crippen MR) is 64.4 cm³/mol. The minimum atomic E-state index is 0.667. The Morgan fingerprint density at radius 2 is 1.93 bits per heavy atom. The molecule has 0 spiro atoms. The molecule has 0 saturated carbocycles. The van der Waals surface area contributed by atoms with Gasteiger partial charge < -0.3 is 11.1 Å². The number of unbranched alkanes of at least 4 members (excludes halogenated alkanes) is 1. The van der Waals surface area contributed by atoms with Gasteiger partial charge in [-0.1, -0.05) is 40.0 Å². The van der Waals surface area contributed by atoms with Crippen LogP contribution in [-0.4, -0.2) is 19.6 Å². The highest BCUT2D eigenvalue weighted by atomic mass is 14.9. The van der Waals surface area contributed by atoms with Gasteiger partial charge in [0.1, 0.15) is 0 Å². The van der Waals surface area contributed by atoms with Crippen LogP contribution in [0.4, 0.5) is 0 Å². The smallest absolute Gasteiger partial charge is 0.000856 e. The topological polar surface area (TPSA) is 38.0 Å². The van der Waals surface area contributed by atoms with Gasteiger partial charge in [-0.3, -0.25) is 0 Å². The quantitative estimate of drug-likeness (QED) is 0.561. The first-order valence-corrected chi connectivity index (χ1v) is 6.11. The average Bonchev–Trinajstić information content (AvgIpc) is 2.16. The summed E-state index contributed by atoms with van der Waals surface area (Å²) in [7, 11) is 0. The Kier molecular flexibility index (Phi) is 9.42. The predicted octanol–water partition coefficient (Wildman–Crippen LogP) is 2.39. The van der Waals surface area contributed by atoms with Crippen molar-refractivity contribution in [2.75, 3.05) is 19.6 Å². The van der Waals surface area contributed by atoms with Crippen molar-refractivity contribution >= 4 is 0 Å². The highest BCUT2D eigenvalue weighted by molar-refractivity contribution is 4.61. The molecule has 0 rings (SSSR count). The van der Waals surface area contributed by atoms with E-state index in [1.54, 1.807) is 0 Å². The lowest BCUT2D eigenvalue weighted by Gasteiger charge is -2.13. The van der Waals surface area contributed by atoms with Gasteiger partial charge in [-0.25, -0.2) is 0 Å². The first-order valence-electron chi connectivity index (χ1n) is 6.11. The molecular weight excluding hydrogens is 172 g/mol. The van der Waals surface area contributed by atoms with Crippen molar-refractivity contribution in [3.63, 3.8) is 0 Å². The highest BCUT2D eigenvalue weighted by Crippen LogP contribution is 2.05. The van der Waals surface area contributed by atoms with Crippen LogP contribution in [0.25, 0.3) is 0 Å². The molecule has 0 aliphatic carbocycles. The summed E-state index contributed by atoms with van der Waals surface area (Å²) in [6, 6.07) is 0. The highest BCUT2D eigenvalue weighted by Gasteiger charge is 2.01. The minimum Gasteiger partial charge on any atom is -0.330 e. The molecule has 0 saturated heterocycles. The molecule has 0 bridgehead atoms. The van der Waals surface area contributed by atoms with Crippen LogP contribution in [0.3, 0.4) is 0 Å². The van der Waals surface area contributed by atoms with Gasteiger partial charge in [0.05, 0.1) is 0 Å². The number of hydrogen-bond donors (Lipinski definition) is 2. The van der Waals surface area contributed by atoms with Crippen molar-refractivity contribution in [2.45, 2.75) is 46.5 Å². The van der Waals surface area contributed by atoms with E-state index in [-0.39, 0.29) is 0 Å². The first kappa shape index (κ1) is 13.9. The van der Waals surface area contributed by atoms with Gasteiger partial charge in [0.2, 0.25) is 0 Å². The van der Waals surface area contributed by atoms with Crippen LogP contribution in [0.1, 0.15) is 46.5 Å². The van der Waals surface area contributed by atoms with Gasteiger partial charge in [0, 0.05) is 0 Å². The molecule has 0 amide bonds. The molecule has 0 heterocycles. The van der Waals surface area contributed by atoms with E-state index in [0.29, 0.717) is 5.92 Å². The van der Waals surface area contributed by atoms with Gasteiger partial charge in [0.25, 0.3) is 0 Å². The van der Waals surface area contributed by atoms with Crippen LogP contribution in [-0.2, 0) is 0 Å². The summed E-state index contributed by atoms with van der Waals surface area (Å²) in [4.78, 5) is 0. The van der Waals surface area contributed by atoms with Gasteiger partial charge in [-0.15, -0.1) is 0 Å². The molecule has 14 heavy (non-hydrogen) atoms. The molecule has 86 valence electrons. The van der Waals surface area contributed by atoms with Crippen LogP contribution >= 0.6 is 0 Å². The molecule has 0 aromatic heterocycles. The largest absolute Gasteiger partial charge is 0.330 e. The first-order chi connectivity index (χ1) is 6.70. The van der Waals surface area contributed by atoms with Crippen molar-refractivity contribution in [3.8, 4) is 0 Å². The molecule has 3 N–H and O–H groups in total. The number of nitrogens with one attached hydrogen (secondary N) is 1. The molecule has 0 aromatic carbocycles. The molecule has 0 fully saturated rings. The Hall–Kier alpha value is -0.0800. The normalized spacial score (nSPS) is 13.5. The lowest BCUT2D eigenvalue weighted by molar-refractivity contribution is 0.456. The molecule has 0 radical (unpaired) electrons. The Morgan fingerprint density at radius 3 is 2.43 bits per heavy atom. The fourth-order valence-electron chi connectivity index (χ4n) is 1.50. The average molecular weight is 200 g/mol. The summed E-state index contributed by atoms with van der Waals surface area (Å²) in [5.74, 6) is 1.52. The van der Waals surface area contributed by atoms with Crippen LogP contribution in [0.5, 0.6) is 0 Å². The Balaban J connectivity index is 3.12. The van der Waals surface area contributed by atoms with Crippen molar-refractivity contribution in [2.24, 2.45) is 17.6 Å². The lowest BCUT2D eigenvalue weighted by atomic mass is 10.1. The Morgan fingerprint density at radius 1 is 1.21 bits per heavy atom. The molecule has 0 aliphatic rings. The van der Waals surface area contributed by atoms with Crippen molar-refractivity contribution < 1.29 is 0 Å². The second-order valence-corrected chi connectivity index (χ2v) is 4.60. The number of nitrogens with two attached hydrogens (primary N) is 1. The molecule has 2 nitrogen and oxygen atoms in total. The van der Waals surface area contributed by atoms with Crippen LogP contribution in [0, 0.1) is 11.8 Å². The van der Waals surface area contributed by atoms with Crippen molar-refractivity contribution in [3.05, 3.63) is 0 Å². The summed E-state index contributed by atoms with van der Waals surface area (Å²) >= 11 is 0. The molecule has 1 atom stereocenters. The van der Waals surface area contributed by atoms with E-state index in [4.69, 9.17) is 5.73 Å². The summed E-state index contributed by atoms with van der Waals surface area (Å²) in [5.41, 5.74) is 5.62. The fraction of sp³-hybridized carbons (Fsp3) is 1.00. The standard InChI is InChI=1S/C12H28N2/c1-4-12(9-13)10-14-8-6-5-7-11(2)3/h11-12,14H,4-10,13H2,1-3H3. The second-order valence-electron chi connectivity index (χ2n) is 4.60. The maximum atomic E-state index is 5.62. The minimum absolute atomic E-state index is 0.667. The van der Waals surface area contributed by atoms with E-state index in [0.717, 1.165) is 25.6 Å². The van der Waals surface area contributed by atoms with Crippen LogP contribution in [0.2, 0.25) is 0 Å². The summed E-state index contributed by atoms with van der Waals surface area (Å²) in [6.07, 6.45) is 5.20. The zero-order valence-corrected chi connectivity index (χ0v) is 10.2. The van der Waals surface area contributed by atoms with Gasteiger partial charge in [0.15, 0.2) is 0 Å². The van der Waals surface area contributed by atoms with E-state index >= 15 is 0 Å². The van der Waals surface area contributed by atoms with Crippen LogP contribution in [0.15, 0.2) is 0 Å². The molecular formula is C12H28N2. The third-order valence-corrected chi connectivity index (χ3v) is 2.73. The zero-order chi connectivity index (χ0) is 10.8. The molecule has 2 heteroatoms. The number of hydrogen-bond acceptors (Lipinski definition) is 2. The summed E-state index contributed by atoms with van der Waals surface area (Å²) < 4.78 is 0. The summed E-state index contributed by atoms with van der Waals surface area (Å²) in [6.45, 7) is 9.84. The van der Waals surface area contributed by atoms with E-state index in [1.807, 2.05) is 0 Å².